The standard InChI is InChI=1S/C14H19Br2NO/c1-9(2)17-8-10(3)5-11-6-12(15)7-13(16)14(11)18-4/h5-7,9,17H,8H2,1-4H3. The molecule has 1 N–H and O–H groups in total. The zero-order valence-corrected chi connectivity index (χ0v) is 14.4. The van der Waals surface area contributed by atoms with E-state index in [9.17, 15) is 0 Å². The number of rotatable bonds is 5. The molecule has 4 heteroatoms. The highest BCUT2D eigenvalue weighted by Crippen LogP contribution is 2.33. The Bertz CT molecular complexity index is 442. The molecule has 1 aromatic rings. The number of methoxy groups -OCH3 is 1. The van der Waals surface area contributed by atoms with E-state index in [0.717, 1.165) is 26.8 Å². The quantitative estimate of drug-likeness (QED) is 0.809. The van der Waals surface area contributed by atoms with Gasteiger partial charge in [-0.1, -0.05) is 41.4 Å². The lowest BCUT2D eigenvalue weighted by Gasteiger charge is -2.11. The average molecular weight is 377 g/mol. The van der Waals surface area contributed by atoms with Gasteiger partial charge in [0.05, 0.1) is 11.6 Å². The first-order chi connectivity index (χ1) is 8.43. The molecule has 0 radical (unpaired) electrons. The van der Waals surface area contributed by atoms with Gasteiger partial charge in [0, 0.05) is 22.6 Å². The molecule has 100 valence electrons. The second-order valence-corrected chi connectivity index (χ2v) is 6.31. The van der Waals surface area contributed by atoms with Crippen LogP contribution in [0.4, 0.5) is 0 Å². The van der Waals surface area contributed by atoms with E-state index in [0.29, 0.717) is 6.04 Å². The fourth-order valence-corrected chi connectivity index (χ4v) is 3.00. The summed E-state index contributed by atoms with van der Waals surface area (Å²) in [6.07, 6.45) is 2.14. The molecule has 0 aliphatic carbocycles. The molecule has 0 aromatic heterocycles. The van der Waals surface area contributed by atoms with Gasteiger partial charge in [0.25, 0.3) is 0 Å². The van der Waals surface area contributed by atoms with Crippen LogP contribution in [0.5, 0.6) is 5.75 Å². The summed E-state index contributed by atoms with van der Waals surface area (Å²) in [5, 5.41) is 3.40. The van der Waals surface area contributed by atoms with Crippen LogP contribution in [0.3, 0.4) is 0 Å². The second kappa shape index (κ2) is 7.31. The zero-order valence-electron chi connectivity index (χ0n) is 11.2. The number of nitrogens with one attached hydrogen (secondary N) is 1. The molecule has 18 heavy (non-hydrogen) atoms. The minimum atomic E-state index is 0.490. The highest BCUT2D eigenvalue weighted by Gasteiger charge is 2.07. The van der Waals surface area contributed by atoms with Gasteiger partial charge in [0.1, 0.15) is 5.75 Å². The van der Waals surface area contributed by atoms with Gasteiger partial charge >= 0.3 is 0 Å². The van der Waals surface area contributed by atoms with Crippen molar-refractivity contribution in [2.24, 2.45) is 0 Å². The third kappa shape index (κ3) is 4.75. The van der Waals surface area contributed by atoms with Crippen LogP contribution in [0.15, 0.2) is 26.7 Å². The minimum absolute atomic E-state index is 0.490. The average Bonchev–Trinajstić information content (AvgIpc) is 2.26. The SMILES string of the molecule is COc1c(Br)cc(Br)cc1C=C(C)CNC(C)C. The number of halogens is 2. The molecule has 1 rings (SSSR count). The molecule has 0 aliphatic heterocycles. The first-order valence-corrected chi connectivity index (χ1v) is 7.46. The normalized spacial score (nSPS) is 12.1. The Morgan fingerprint density at radius 1 is 1.39 bits per heavy atom. The van der Waals surface area contributed by atoms with Gasteiger partial charge in [0.2, 0.25) is 0 Å². The molecule has 0 amide bonds. The van der Waals surface area contributed by atoms with Gasteiger partial charge < -0.3 is 10.1 Å². The number of ether oxygens (including phenoxy) is 1. The Hall–Kier alpha value is -0.320. The van der Waals surface area contributed by atoms with E-state index in [-0.39, 0.29) is 0 Å². The largest absolute Gasteiger partial charge is 0.495 e. The van der Waals surface area contributed by atoms with Crippen LogP contribution in [0, 0.1) is 0 Å². The van der Waals surface area contributed by atoms with Gasteiger partial charge in [-0.2, -0.15) is 0 Å². The lowest BCUT2D eigenvalue weighted by Crippen LogP contribution is -2.24. The third-order valence-corrected chi connectivity index (χ3v) is 3.48. The van der Waals surface area contributed by atoms with Crippen LogP contribution in [-0.4, -0.2) is 19.7 Å². The minimum Gasteiger partial charge on any atom is -0.495 e. The van der Waals surface area contributed by atoms with E-state index < -0.39 is 0 Å². The highest BCUT2D eigenvalue weighted by molar-refractivity contribution is 9.11. The van der Waals surface area contributed by atoms with Crippen molar-refractivity contribution in [2.75, 3.05) is 13.7 Å². The summed E-state index contributed by atoms with van der Waals surface area (Å²) in [4.78, 5) is 0. The molecule has 2 nitrogen and oxygen atoms in total. The second-order valence-electron chi connectivity index (χ2n) is 4.54. The Balaban J connectivity index is 2.98. The summed E-state index contributed by atoms with van der Waals surface area (Å²) in [5.74, 6) is 0.863. The smallest absolute Gasteiger partial charge is 0.140 e. The molecule has 0 atom stereocenters. The van der Waals surface area contributed by atoms with Crippen LogP contribution in [0.2, 0.25) is 0 Å². The predicted octanol–water partition coefficient (Wildman–Crippen LogP) is 4.62. The Morgan fingerprint density at radius 2 is 2.06 bits per heavy atom. The van der Waals surface area contributed by atoms with E-state index in [1.54, 1.807) is 7.11 Å². The molecule has 0 bridgehead atoms. The fourth-order valence-electron chi connectivity index (χ4n) is 1.58. The molecular formula is C14H19Br2NO. The molecule has 0 aliphatic rings. The molecular weight excluding hydrogens is 358 g/mol. The summed E-state index contributed by atoms with van der Waals surface area (Å²) in [6, 6.07) is 4.53. The maximum atomic E-state index is 5.42. The first kappa shape index (κ1) is 15.7. The summed E-state index contributed by atoms with van der Waals surface area (Å²) < 4.78 is 7.41. The summed E-state index contributed by atoms with van der Waals surface area (Å²) in [7, 11) is 1.69. The van der Waals surface area contributed by atoms with Crippen molar-refractivity contribution < 1.29 is 4.74 Å². The first-order valence-electron chi connectivity index (χ1n) is 5.87. The number of hydrogen-bond donors (Lipinski definition) is 1. The zero-order chi connectivity index (χ0) is 13.7. The Morgan fingerprint density at radius 3 is 2.61 bits per heavy atom. The lowest BCUT2D eigenvalue weighted by atomic mass is 10.1. The van der Waals surface area contributed by atoms with E-state index in [4.69, 9.17) is 4.74 Å². The number of benzene rings is 1. The monoisotopic (exact) mass is 375 g/mol. The van der Waals surface area contributed by atoms with Gasteiger partial charge in [-0.05, 0) is 35.0 Å². The van der Waals surface area contributed by atoms with Crippen LogP contribution in [0.1, 0.15) is 26.3 Å². The maximum Gasteiger partial charge on any atom is 0.140 e. The Labute approximate surface area is 126 Å². The third-order valence-electron chi connectivity index (χ3n) is 2.43. The molecule has 0 unspecified atom stereocenters. The van der Waals surface area contributed by atoms with E-state index in [1.807, 2.05) is 6.07 Å². The van der Waals surface area contributed by atoms with Crippen molar-refractivity contribution in [3.8, 4) is 5.75 Å². The van der Waals surface area contributed by atoms with Crippen molar-refractivity contribution >= 4 is 37.9 Å². The molecule has 1 aromatic carbocycles. The van der Waals surface area contributed by atoms with Crippen LogP contribution in [-0.2, 0) is 0 Å². The van der Waals surface area contributed by atoms with Crippen molar-refractivity contribution in [1.82, 2.24) is 5.32 Å². The van der Waals surface area contributed by atoms with Crippen LogP contribution < -0.4 is 10.1 Å². The topological polar surface area (TPSA) is 21.3 Å². The predicted molar refractivity (Wildman–Crippen MR) is 85.2 cm³/mol. The number of hydrogen-bond acceptors (Lipinski definition) is 2. The molecule has 0 spiro atoms. The van der Waals surface area contributed by atoms with E-state index in [1.165, 1.54) is 5.57 Å². The van der Waals surface area contributed by atoms with Crippen molar-refractivity contribution in [3.63, 3.8) is 0 Å². The molecule has 0 heterocycles. The van der Waals surface area contributed by atoms with Gasteiger partial charge in [-0.25, -0.2) is 0 Å². The fraction of sp³-hybridized carbons (Fsp3) is 0.429. The summed E-state index contributed by atoms with van der Waals surface area (Å²) >= 11 is 7.01. The van der Waals surface area contributed by atoms with Gasteiger partial charge in [0.15, 0.2) is 0 Å². The van der Waals surface area contributed by atoms with Gasteiger partial charge in [-0.15, -0.1) is 0 Å². The van der Waals surface area contributed by atoms with E-state index >= 15 is 0 Å². The lowest BCUT2D eigenvalue weighted by molar-refractivity contribution is 0.411. The summed E-state index contributed by atoms with van der Waals surface area (Å²) in [5.41, 5.74) is 2.34. The Kier molecular flexibility index (Phi) is 6.39. The van der Waals surface area contributed by atoms with Crippen molar-refractivity contribution in [1.29, 1.82) is 0 Å². The summed E-state index contributed by atoms with van der Waals surface area (Å²) in [6.45, 7) is 7.28. The van der Waals surface area contributed by atoms with Crippen LogP contribution >= 0.6 is 31.9 Å². The van der Waals surface area contributed by atoms with Crippen molar-refractivity contribution in [2.45, 2.75) is 26.8 Å². The van der Waals surface area contributed by atoms with Crippen molar-refractivity contribution in [3.05, 3.63) is 32.2 Å². The highest BCUT2D eigenvalue weighted by atomic mass is 79.9. The van der Waals surface area contributed by atoms with Gasteiger partial charge in [-0.3, -0.25) is 0 Å². The maximum absolute atomic E-state index is 5.42. The molecule has 0 saturated heterocycles. The van der Waals surface area contributed by atoms with E-state index in [2.05, 4.69) is 70.1 Å². The molecule has 0 saturated carbocycles. The molecule has 0 fully saturated rings. The van der Waals surface area contributed by atoms with Crippen LogP contribution in [0.25, 0.3) is 6.08 Å².